The predicted molar refractivity (Wildman–Crippen MR) is 81.7 cm³/mol. The summed E-state index contributed by atoms with van der Waals surface area (Å²) in [6, 6.07) is 12.2. The zero-order valence-electron chi connectivity index (χ0n) is 10.8. The number of benzene rings is 1. The fourth-order valence-electron chi connectivity index (χ4n) is 1.74. The highest BCUT2D eigenvalue weighted by molar-refractivity contribution is 7.71. The lowest BCUT2D eigenvalue weighted by Gasteiger charge is -1.99. The molecule has 0 aliphatic heterocycles. The van der Waals surface area contributed by atoms with Crippen LogP contribution in [0.1, 0.15) is 5.56 Å². The van der Waals surface area contributed by atoms with Crippen LogP contribution in [0, 0.1) is 4.77 Å². The Balaban J connectivity index is 1.98. The molecule has 0 atom stereocenters. The molecule has 0 amide bonds. The third-order valence-corrected chi connectivity index (χ3v) is 3.02. The highest BCUT2D eigenvalue weighted by Crippen LogP contribution is 2.14. The molecule has 3 rings (SSSR count). The standard InChI is InChI=1S/C14H11N5OS/c20-11-6-4-10(5-7-11)9-16-19-13(17-18-14(19)21)12-3-1-2-8-15-12/h1-9,20H,(H,18,21). The minimum absolute atomic E-state index is 0.209. The molecule has 6 nitrogen and oxygen atoms in total. The van der Waals surface area contributed by atoms with Crippen LogP contribution in [-0.4, -0.2) is 31.2 Å². The van der Waals surface area contributed by atoms with Crippen LogP contribution in [0.5, 0.6) is 5.75 Å². The summed E-state index contributed by atoms with van der Waals surface area (Å²) < 4.78 is 1.88. The van der Waals surface area contributed by atoms with E-state index in [0.717, 1.165) is 5.56 Å². The van der Waals surface area contributed by atoms with Crippen LogP contribution in [0.25, 0.3) is 11.5 Å². The number of phenols is 1. The van der Waals surface area contributed by atoms with E-state index >= 15 is 0 Å². The van der Waals surface area contributed by atoms with Crippen LogP contribution in [0.15, 0.2) is 53.8 Å². The Labute approximate surface area is 125 Å². The van der Waals surface area contributed by atoms with Crippen molar-refractivity contribution in [3.8, 4) is 17.3 Å². The van der Waals surface area contributed by atoms with Gasteiger partial charge in [0.15, 0.2) is 0 Å². The van der Waals surface area contributed by atoms with Gasteiger partial charge in [0.2, 0.25) is 10.6 Å². The Hall–Kier alpha value is -2.80. The van der Waals surface area contributed by atoms with Gasteiger partial charge in [0.05, 0.1) is 6.21 Å². The van der Waals surface area contributed by atoms with Crippen molar-refractivity contribution < 1.29 is 5.11 Å². The van der Waals surface area contributed by atoms with E-state index in [4.69, 9.17) is 12.2 Å². The predicted octanol–water partition coefficient (Wildman–Crippen LogP) is 2.59. The first kappa shape index (κ1) is 13.2. The quantitative estimate of drug-likeness (QED) is 0.575. The van der Waals surface area contributed by atoms with Crippen LogP contribution in [0.3, 0.4) is 0 Å². The number of hydrogen-bond donors (Lipinski definition) is 2. The topological polar surface area (TPSA) is 79.1 Å². The molecule has 0 aliphatic rings. The Kier molecular flexibility index (Phi) is 3.57. The second-order valence-corrected chi connectivity index (χ2v) is 4.60. The largest absolute Gasteiger partial charge is 0.508 e. The molecule has 2 heterocycles. The number of aromatic amines is 1. The Bertz CT molecular complexity index is 821. The van der Waals surface area contributed by atoms with Gasteiger partial charge in [-0.2, -0.15) is 14.9 Å². The molecule has 0 saturated carbocycles. The molecule has 0 aliphatic carbocycles. The van der Waals surface area contributed by atoms with Crippen molar-refractivity contribution in [3.63, 3.8) is 0 Å². The van der Waals surface area contributed by atoms with Crippen LogP contribution in [-0.2, 0) is 0 Å². The van der Waals surface area contributed by atoms with Gasteiger partial charge in [-0.15, -0.1) is 0 Å². The van der Waals surface area contributed by atoms with E-state index in [2.05, 4.69) is 20.3 Å². The first-order valence-corrected chi connectivity index (χ1v) is 6.57. The number of H-pyrrole nitrogens is 1. The summed E-state index contributed by atoms with van der Waals surface area (Å²) in [5.74, 6) is 0.747. The smallest absolute Gasteiger partial charge is 0.216 e. The lowest BCUT2D eigenvalue weighted by molar-refractivity contribution is 0.475. The van der Waals surface area contributed by atoms with Crippen LogP contribution >= 0.6 is 12.2 Å². The monoisotopic (exact) mass is 297 g/mol. The first-order chi connectivity index (χ1) is 10.2. The molecular formula is C14H11N5OS. The molecule has 2 aromatic heterocycles. The Morgan fingerprint density at radius 2 is 2.00 bits per heavy atom. The second kappa shape index (κ2) is 5.68. The molecule has 0 saturated heterocycles. The molecule has 0 unspecified atom stereocenters. The first-order valence-electron chi connectivity index (χ1n) is 6.16. The molecule has 2 N–H and O–H groups in total. The maximum atomic E-state index is 9.26. The third-order valence-electron chi connectivity index (χ3n) is 2.76. The summed E-state index contributed by atoms with van der Waals surface area (Å²) >= 11 is 5.17. The number of aromatic hydroxyl groups is 1. The fraction of sp³-hybridized carbons (Fsp3) is 0. The number of pyridine rings is 1. The average Bonchev–Trinajstić information content (AvgIpc) is 2.89. The molecular weight excluding hydrogens is 286 g/mol. The van der Waals surface area contributed by atoms with E-state index in [1.54, 1.807) is 36.7 Å². The highest BCUT2D eigenvalue weighted by Gasteiger charge is 2.08. The number of phenolic OH excluding ortho intramolecular Hbond substituents is 1. The van der Waals surface area contributed by atoms with Gasteiger partial charge in [-0.25, -0.2) is 5.10 Å². The summed E-state index contributed by atoms with van der Waals surface area (Å²) in [7, 11) is 0. The molecule has 104 valence electrons. The van der Waals surface area contributed by atoms with Crippen molar-refractivity contribution in [2.75, 3.05) is 0 Å². The lowest BCUT2D eigenvalue weighted by atomic mass is 10.2. The number of nitrogens with zero attached hydrogens (tertiary/aromatic N) is 4. The number of nitrogens with one attached hydrogen (secondary N) is 1. The lowest BCUT2D eigenvalue weighted by Crippen LogP contribution is -1.96. The molecule has 0 bridgehead atoms. The number of aromatic nitrogens is 4. The van der Waals surface area contributed by atoms with Crippen LogP contribution in [0.4, 0.5) is 0 Å². The van der Waals surface area contributed by atoms with E-state index in [1.165, 1.54) is 4.68 Å². The van der Waals surface area contributed by atoms with Gasteiger partial charge >= 0.3 is 0 Å². The van der Waals surface area contributed by atoms with Crippen molar-refractivity contribution >= 4 is 18.4 Å². The van der Waals surface area contributed by atoms with E-state index in [0.29, 0.717) is 16.3 Å². The zero-order chi connectivity index (χ0) is 14.7. The van der Waals surface area contributed by atoms with Crippen molar-refractivity contribution in [1.82, 2.24) is 19.9 Å². The number of rotatable bonds is 3. The van der Waals surface area contributed by atoms with Crippen molar-refractivity contribution in [1.29, 1.82) is 0 Å². The molecule has 1 aromatic carbocycles. The van der Waals surface area contributed by atoms with Crippen molar-refractivity contribution in [3.05, 3.63) is 59.0 Å². The summed E-state index contributed by atoms with van der Waals surface area (Å²) in [6.07, 6.45) is 3.32. The maximum absolute atomic E-state index is 9.26. The van der Waals surface area contributed by atoms with E-state index in [1.807, 2.05) is 18.2 Å². The summed E-state index contributed by atoms with van der Waals surface area (Å²) in [4.78, 5) is 4.23. The minimum Gasteiger partial charge on any atom is -0.508 e. The summed E-state index contributed by atoms with van der Waals surface area (Å²) in [5.41, 5.74) is 1.51. The third kappa shape index (κ3) is 2.87. The Morgan fingerprint density at radius 1 is 1.19 bits per heavy atom. The molecule has 21 heavy (non-hydrogen) atoms. The van der Waals surface area contributed by atoms with Gasteiger partial charge in [-0.1, -0.05) is 6.07 Å². The van der Waals surface area contributed by atoms with Crippen LogP contribution in [0.2, 0.25) is 0 Å². The fourth-order valence-corrected chi connectivity index (χ4v) is 1.92. The second-order valence-electron chi connectivity index (χ2n) is 4.22. The van der Waals surface area contributed by atoms with E-state index < -0.39 is 0 Å². The molecule has 0 spiro atoms. The Morgan fingerprint density at radius 3 is 2.71 bits per heavy atom. The summed E-state index contributed by atoms with van der Waals surface area (Å²) in [5, 5.41) is 20.4. The van der Waals surface area contributed by atoms with Gasteiger partial charge < -0.3 is 5.11 Å². The highest BCUT2D eigenvalue weighted by atomic mass is 32.1. The van der Waals surface area contributed by atoms with E-state index in [-0.39, 0.29) is 5.75 Å². The minimum atomic E-state index is 0.209. The molecule has 0 radical (unpaired) electrons. The zero-order valence-corrected chi connectivity index (χ0v) is 11.7. The maximum Gasteiger partial charge on any atom is 0.216 e. The number of hydrogen-bond acceptors (Lipinski definition) is 5. The van der Waals surface area contributed by atoms with Crippen molar-refractivity contribution in [2.24, 2.45) is 5.10 Å². The average molecular weight is 297 g/mol. The van der Waals surface area contributed by atoms with Crippen molar-refractivity contribution in [2.45, 2.75) is 0 Å². The molecule has 0 fully saturated rings. The van der Waals surface area contributed by atoms with Gasteiger partial charge in [0.1, 0.15) is 11.4 Å². The SMILES string of the molecule is Oc1ccc(C=Nn2c(-c3ccccn3)n[nH]c2=S)cc1. The van der Waals surface area contributed by atoms with Gasteiger partial charge in [0.25, 0.3) is 0 Å². The van der Waals surface area contributed by atoms with Gasteiger partial charge in [0, 0.05) is 6.20 Å². The van der Waals surface area contributed by atoms with Gasteiger partial charge in [-0.05, 0) is 54.2 Å². The van der Waals surface area contributed by atoms with Gasteiger partial charge in [-0.3, -0.25) is 4.98 Å². The summed E-state index contributed by atoms with van der Waals surface area (Å²) in [6.45, 7) is 0. The molecule has 3 aromatic rings. The normalized spacial score (nSPS) is 11.0. The van der Waals surface area contributed by atoms with E-state index in [9.17, 15) is 5.11 Å². The van der Waals surface area contributed by atoms with Crippen LogP contribution < -0.4 is 0 Å². The molecule has 7 heteroatoms.